The summed E-state index contributed by atoms with van der Waals surface area (Å²) in [7, 11) is 1.36. The van der Waals surface area contributed by atoms with Crippen molar-refractivity contribution in [2.24, 2.45) is 5.73 Å². The molecule has 0 aliphatic carbocycles. The van der Waals surface area contributed by atoms with Crippen LogP contribution in [0, 0.1) is 0 Å². The molecule has 0 rings (SSSR count). The van der Waals surface area contributed by atoms with Crippen molar-refractivity contribution >= 4 is 17.8 Å². The van der Waals surface area contributed by atoms with Gasteiger partial charge in [-0.2, -0.15) is 5.48 Å². The highest BCUT2D eigenvalue weighted by atomic mass is 16.7. The first-order valence-corrected chi connectivity index (χ1v) is 4.03. The minimum atomic E-state index is -0.788. The molecule has 0 aliphatic rings. The second-order valence-electron chi connectivity index (χ2n) is 2.45. The van der Waals surface area contributed by atoms with E-state index in [1.165, 1.54) is 7.11 Å². The molecule has 0 saturated heterocycles. The van der Waals surface area contributed by atoms with Gasteiger partial charge in [-0.25, -0.2) is 4.79 Å². The van der Waals surface area contributed by atoms with E-state index in [9.17, 15) is 14.4 Å². The molecule has 15 heavy (non-hydrogen) atoms. The standard InChI is InChI=1S/C8H12N2O5/c1-14-5-4-8(13)15-10-7(12)3-2-6(9)11/h4-5H,2-3H2,1H3,(H2,9,11)(H,10,12). The van der Waals surface area contributed by atoms with Crippen LogP contribution in [0.1, 0.15) is 12.8 Å². The Hall–Kier alpha value is -2.05. The Morgan fingerprint density at radius 1 is 1.33 bits per heavy atom. The predicted molar refractivity (Wildman–Crippen MR) is 48.8 cm³/mol. The SMILES string of the molecule is COC=CC(=O)ONC(=O)CCC(N)=O. The number of hydrogen-bond acceptors (Lipinski definition) is 5. The van der Waals surface area contributed by atoms with E-state index in [1.54, 1.807) is 0 Å². The maximum Gasteiger partial charge on any atom is 0.358 e. The minimum Gasteiger partial charge on any atom is -0.504 e. The second-order valence-corrected chi connectivity index (χ2v) is 2.45. The number of hydrogen-bond donors (Lipinski definition) is 2. The number of amides is 2. The highest BCUT2D eigenvalue weighted by Crippen LogP contribution is 1.87. The number of ether oxygens (including phenoxy) is 1. The Morgan fingerprint density at radius 2 is 2.00 bits per heavy atom. The van der Waals surface area contributed by atoms with Crippen molar-refractivity contribution in [3.63, 3.8) is 0 Å². The van der Waals surface area contributed by atoms with Crippen molar-refractivity contribution in [1.29, 1.82) is 0 Å². The zero-order chi connectivity index (χ0) is 11.7. The third-order valence-corrected chi connectivity index (χ3v) is 1.20. The van der Waals surface area contributed by atoms with Crippen molar-refractivity contribution in [2.45, 2.75) is 12.8 Å². The first-order valence-electron chi connectivity index (χ1n) is 4.03. The monoisotopic (exact) mass is 216 g/mol. The van der Waals surface area contributed by atoms with Crippen molar-refractivity contribution in [1.82, 2.24) is 5.48 Å². The van der Waals surface area contributed by atoms with Gasteiger partial charge in [0.25, 0.3) is 5.91 Å². The quantitative estimate of drug-likeness (QED) is 0.347. The van der Waals surface area contributed by atoms with Gasteiger partial charge in [-0.15, -0.1) is 0 Å². The van der Waals surface area contributed by atoms with Crippen molar-refractivity contribution < 1.29 is 24.0 Å². The molecule has 0 aromatic heterocycles. The van der Waals surface area contributed by atoms with Gasteiger partial charge in [0, 0.05) is 12.8 Å². The molecule has 0 bridgehead atoms. The molecule has 2 amide bonds. The summed E-state index contributed by atoms with van der Waals surface area (Å²) in [4.78, 5) is 36.2. The molecule has 0 aromatic rings. The van der Waals surface area contributed by atoms with Crippen molar-refractivity contribution in [3.05, 3.63) is 12.3 Å². The third kappa shape index (κ3) is 8.28. The molecule has 0 aliphatic heterocycles. The Kier molecular flexibility index (Phi) is 6.36. The maximum atomic E-state index is 10.9. The summed E-state index contributed by atoms with van der Waals surface area (Å²) in [5.74, 6) is -1.99. The van der Waals surface area contributed by atoms with Gasteiger partial charge in [0.15, 0.2) is 0 Å². The van der Waals surface area contributed by atoms with Crippen LogP contribution in [0.25, 0.3) is 0 Å². The van der Waals surface area contributed by atoms with Crippen LogP contribution in [-0.2, 0) is 24.0 Å². The smallest absolute Gasteiger partial charge is 0.358 e. The zero-order valence-electron chi connectivity index (χ0n) is 8.19. The Balaban J connectivity index is 3.66. The van der Waals surface area contributed by atoms with Crippen LogP contribution in [0.15, 0.2) is 12.3 Å². The van der Waals surface area contributed by atoms with E-state index in [1.807, 2.05) is 5.48 Å². The molecule has 0 fully saturated rings. The van der Waals surface area contributed by atoms with Crippen molar-refractivity contribution in [3.8, 4) is 0 Å². The van der Waals surface area contributed by atoms with Crippen LogP contribution in [0.5, 0.6) is 0 Å². The maximum absolute atomic E-state index is 10.9. The fourth-order valence-corrected chi connectivity index (χ4v) is 0.553. The van der Waals surface area contributed by atoms with Crippen LogP contribution in [0.2, 0.25) is 0 Å². The first-order chi connectivity index (χ1) is 7.06. The van der Waals surface area contributed by atoms with Gasteiger partial charge in [-0.05, 0) is 0 Å². The van der Waals surface area contributed by atoms with E-state index >= 15 is 0 Å². The molecule has 7 heteroatoms. The van der Waals surface area contributed by atoms with Gasteiger partial charge in [0.05, 0.1) is 19.4 Å². The zero-order valence-corrected chi connectivity index (χ0v) is 8.19. The van der Waals surface area contributed by atoms with Gasteiger partial charge >= 0.3 is 5.97 Å². The van der Waals surface area contributed by atoms with Crippen LogP contribution < -0.4 is 11.2 Å². The summed E-state index contributed by atoms with van der Waals surface area (Å²) < 4.78 is 4.44. The molecule has 84 valence electrons. The number of carbonyl (C=O) groups is 3. The van der Waals surface area contributed by atoms with E-state index in [-0.39, 0.29) is 12.8 Å². The van der Waals surface area contributed by atoms with E-state index in [0.29, 0.717) is 0 Å². The van der Waals surface area contributed by atoms with E-state index in [2.05, 4.69) is 9.57 Å². The first kappa shape index (κ1) is 12.9. The van der Waals surface area contributed by atoms with E-state index in [4.69, 9.17) is 5.73 Å². The summed E-state index contributed by atoms with van der Waals surface area (Å²) in [5, 5.41) is 0. The largest absolute Gasteiger partial charge is 0.504 e. The number of primary amides is 1. The fraction of sp³-hybridized carbons (Fsp3) is 0.375. The lowest BCUT2D eigenvalue weighted by Gasteiger charge is -2.01. The number of rotatable bonds is 5. The predicted octanol–water partition coefficient (Wildman–Crippen LogP) is -1.01. The normalized spacial score (nSPS) is 9.67. The van der Waals surface area contributed by atoms with Crippen molar-refractivity contribution in [2.75, 3.05) is 7.11 Å². The highest BCUT2D eigenvalue weighted by Gasteiger charge is 2.05. The number of nitrogens with one attached hydrogen (secondary N) is 1. The van der Waals surface area contributed by atoms with Gasteiger partial charge < -0.3 is 15.3 Å². The highest BCUT2D eigenvalue weighted by molar-refractivity contribution is 5.85. The second kappa shape index (κ2) is 7.36. The molecular formula is C8H12N2O5. The number of carbonyl (C=O) groups excluding carboxylic acids is 3. The average molecular weight is 216 g/mol. The molecule has 0 heterocycles. The molecule has 0 radical (unpaired) electrons. The molecular weight excluding hydrogens is 204 g/mol. The number of hydroxylamine groups is 1. The van der Waals surface area contributed by atoms with Gasteiger partial charge in [0.1, 0.15) is 0 Å². The molecule has 0 saturated carbocycles. The lowest BCUT2D eigenvalue weighted by Crippen LogP contribution is -2.27. The van der Waals surface area contributed by atoms with Crippen LogP contribution >= 0.6 is 0 Å². The fourth-order valence-electron chi connectivity index (χ4n) is 0.553. The number of nitrogens with two attached hydrogens (primary N) is 1. The number of methoxy groups -OCH3 is 1. The molecule has 3 N–H and O–H groups in total. The third-order valence-electron chi connectivity index (χ3n) is 1.20. The molecule has 7 nitrogen and oxygen atoms in total. The van der Waals surface area contributed by atoms with E-state index in [0.717, 1.165) is 12.3 Å². The lowest BCUT2D eigenvalue weighted by atomic mass is 10.3. The van der Waals surface area contributed by atoms with Gasteiger partial charge in [0.2, 0.25) is 5.91 Å². The van der Waals surface area contributed by atoms with E-state index < -0.39 is 17.8 Å². The Morgan fingerprint density at radius 3 is 2.53 bits per heavy atom. The average Bonchev–Trinajstić information content (AvgIpc) is 2.20. The van der Waals surface area contributed by atoms with Gasteiger partial charge in [-0.3, -0.25) is 9.59 Å². The van der Waals surface area contributed by atoms with Crippen LogP contribution in [-0.4, -0.2) is 24.9 Å². The topological polar surface area (TPSA) is 108 Å². The summed E-state index contributed by atoms with van der Waals surface area (Å²) in [5.41, 5.74) is 6.65. The van der Waals surface area contributed by atoms with Crippen LogP contribution in [0.3, 0.4) is 0 Å². The Labute approximate surface area is 86.2 Å². The summed E-state index contributed by atoms with van der Waals surface area (Å²) in [6.07, 6.45) is 1.85. The summed E-state index contributed by atoms with van der Waals surface area (Å²) in [6.45, 7) is 0. The molecule has 0 spiro atoms. The summed E-state index contributed by atoms with van der Waals surface area (Å²) in [6, 6.07) is 0. The molecule has 0 unspecified atom stereocenters. The van der Waals surface area contributed by atoms with Crippen LogP contribution in [0.4, 0.5) is 0 Å². The molecule has 0 atom stereocenters. The minimum absolute atomic E-state index is 0.0999. The Bertz CT molecular complexity index is 274. The summed E-state index contributed by atoms with van der Waals surface area (Å²) >= 11 is 0. The molecule has 0 aromatic carbocycles. The van der Waals surface area contributed by atoms with Gasteiger partial charge in [-0.1, -0.05) is 0 Å². The lowest BCUT2D eigenvalue weighted by molar-refractivity contribution is -0.153.